The Labute approximate surface area is 180 Å². The highest BCUT2D eigenvalue weighted by Crippen LogP contribution is 2.40. The van der Waals surface area contributed by atoms with Gasteiger partial charge in [-0.2, -0.15) is 18.3 Å². The van der Waals surface area contributed by atoms with Crippen molar-refractivity contribution < 1.29 is 31.1 Å². The standard InChI is InChI=1S/C19H17ClF3N3O4S/c1-3-30-15(27)10-26-17(16(20)18(25-26)19(21,22)23)14-8-7-13(24-14)11-5-4-6-12(9-11)31(2,28)29/h4-9,24H,3,10H2,1-2H3. The minimum Gasteiger partial charge on any atom is -0.465 e. The number of ether oxygens (including phenoxy) is 1. The number of nitrogens with zero attached hydrogens (tertiary/aromatic N) is 2. The molecule has 166 valence electrons. The van der Waals surface area contributed by atoms with Crippen LogP contribution in [0.3, 0.4) is 0 Å². The fraction of sp³-hybridized carbons (Fsp3) is 0.263. The molecule has 1 N–H and O–H groups in total. The second-order valence-corrected chi connectivity index (χ2v) is 8.95. The van der Waals surface area contributed by atoms with Gasteiger partial charge in [-0.1, -0.05) is 23.7 Å². The summed E-state index contributed by atoms with van der Waals surface area (Å²) in [6, 6.07) is 9.08. The fourth-order valence-electron chi connectivity index (χ4n) is 2.92. The molecule has 0 saturated carbocycles. The molecule has 31 heavy (non-hydrogen) atoms. The fourth-order valence-corrected chi connectivity index (χ4v) is 3.93. The van der Waals surface area contributed by atoms with Gasteiger partial charge in [0, 0.05) is 11.9 Å². The predicted octanol–water partition coefficient (Wildman–Crippen LogP) is 4.18. The summed E-state index contributed by atoms with van der Waals surface area (Å²) < 4.78 is 69.2. The summed E-state index contributed by atoms with van der Waals surface area (Å²) in [6.07, 6.45) is -3.76. The maximum atomic E-state index is 13.3. The number of aromatic nitrogens is 3. The van der Waals surface area contributed by atoms with E-state index in [1.165, 1.54) is 18.2 Å². The number of carbonyl (C=O) groups is 1. The first-order chi connectivity index (χ1) is 14.4. The first kappa shape index (κ1) is 22.9. The van der Waals surface area contributed by atoms with Gasteiger partial charge in [0.05, 0.1) is 17.2 Å². The molecule has 0 bridgehead atoms. The minimum atomic E-state index is -4.83. The number of nitrogens with one attached hydrogen (secondary N) is 1. The summed E-state index contributed by atoms with van der Waals surface area (Å²) in [5, 5.41) is 2.80. The van der Waals surface area contributed by atoms with Gasteiger partial charge in [-0.15, -0.1) is 0 Å². The Morgan fingerprint density at radius 2 is 1.90 bits per heavy atom. The van der Waals surface area contributed by atoms with Crippen molar-refractivity contribution in [3.8, 4) is 22.6 Å². The molecular weight excluding hydrogens is 459 g/mol. The number of esters is 1. The zero-order valence-electron chi connectivity index (χ0n) is 16.3. The van der Waals surface area contributed by atoms with Crippen molar-refractivity contribution in [3.05, 3.63) is 47.1 Å². The van der Waals surface area contributed by atoms with E-state index in [9.17, 15) is 26.4 Å². The second kappa shape index (κ2) is 8.39. The van der Waals surface area contributed by atoms with Crippen LogP contribution >= 0.6 is 11.6 Å². The molecule has 0 aliphatic carbocycles. The van der Waals surface area contributed by atoms with Crippen LogP contribution in [0.25, 0.3) is 22.6 Å². The number of H-pyrrole nitrogens is 1. The van der Waals surface area contributed by atoms with E-state index >= 15 is 0 Å². The molecule has 0 aliphatic heterocycles. The third kappa shape index (κ3) is 4.93. The molecule has 3 aromatic rings. The Kier molecular flexibility index (Phi) is 6.19. The molecule has 2 heterocycles. The van der Waals surface area contributed by atoms with E-state index in [0.29, 0.717) is 11.3 Å². The zero-order chi connectivity index (χ0) is 23.0. The lowest BCUT2D eigenvalue weighted by Crippen LogP contribution is -2.16. The van der Waals surface area contributed by atoms with Crippen molar-refractivity contribution in [2.45, 2.75) is 24.5 Å². The van der Waals surface area contributed by atoms with Gasteiger partial charge in [-0.3, -0.25) is 4.79 Å². The molecule has 0 amide bonds. The van der Waals surface area contributed by atoms with E-state index in [1.54, 1.807) is 25.1 Å². The van der Waals surface area contributed by atoms with Crippen LogP contribution in [-0.2, 0) is 32.1 Å². The summed E-state index contributed by atoms with van der Waals surface area (Å²) in [4.78, 5) is 14.9. The molecule has 7 nitrogen and oxygen atoms in total. The Morgan fingerprint density at radius 3 is 2.52 bits per heavy atom. The number of hydrogen-bond donors (Lipinski definition) is 1. The zero-order valence-corrected chi connectivity index (χ0v) is 17.9. The third-order valence-electron chi connectivity index (χ3n) is 4.26. The second-order valence-electron chi connectivity index (χ2n) is 6.56. The first-order valence-electron chi connectivity index (χ1n) is 8.90. The molecule has 0 saturated heterocycles. The van der Waals surface area contributed by atoms with Crippen molar-refractivity contribution in [3.63, 3.8) is 0 Å². The Balaban J connectivity index is 2.08. The van der Waals surface area contributed by atoms with Crippen molar-refractivity contribution in [2.75, 3.05) is 12.9 Å². The Morgan fingerprint density at radius 1 is 1.23 bits per heavy atom. The van der Waals surface area contributed by atoms with E-state index in [4.69, 9.17) is 16.3 Å². The summed E-state index contributed by atoms with van der Waals surface area (Å²) >= 11 is 5.99. The molecular formula is C19H17ClF3N3O4S. The summed E-state index contributed by atoms with van der Waals surface area (Å²) in [5.41, 5.74) is -0.375. The van der Waals surface area contributed by atoms with E-state index < -0.39 is 39.2 Å². The monoisotopic (exact) mass is 475 g/mol. The summed E-state index contributed by atoms with van der Waals surface area (Å²) in [7, 11) is -3.45. The number of rotatable bonds is 6. The van der Waals surface area contributed by atoms with Crippen LogP contribution in [0.2, 0.25) is 5.02 Å². The lowest BCUT2D eigenvalue weighted by Gasteiger charge is -2.07. The summed E-state index contributed by atoms with van der Waals surface area (Å²) in [5.74, 6) is -0.774. The SMILES string of the molecule is CCOC(=O)Cn1nc(C(F)(F)F)c(Cl)c1-c1ccc(-c2cccc(S(C)(=O)=O)c2)[nH]1. The van der Waals surface area contributed by atoms with Gasteiger partial charge in [0.15, 0.2) is 15.5 Å². The van der Waals surface area contributed by atoms with E-state index in [0.717, 1.165) is 10.9 Å². The average molecular weight is 476 g/mol. The van der Waals surface area contributed by atoms with Crippen LogP contribution in [0, 0.1) is 0 Å². The van der Waals surface area contributed by atoms with Gasteiger partial charge in [0.2, 0.25) is 0 Å². The predicted molar refractivity (Wildman–Crippen MR) is 107 cm³/mol. The van der Waals surface area contributed by atoms with Crippen LogP contribution in [0.15, 0.2) is 41.3 Å². The normalized spacial score (nSPS) is 12.2. The molecule has 0 radical (unpaired) electrons. The molecule has 0 fully saturated rings. The van der Waals surface area contributed by atoms with Crippen LogP contribution in [0.1, 0.15) is 12.6 Å². The molecule has 0 unspecified atom stereocenters. The highest BCUT2D eigenvalue weighted by atomic mass is 35.5. The average Bonchev–Trinajstić information content (AvgIpc) is 3.25. The van der Waals surface area contributed by atoms with Crippen LogP contribution < -0.4 is 0 Å². The Hall–Kier alpha value is -2.79. The topological polar surface area (TPSA) is 94.1 Å². The molecule has 3 rings (SSSR count). The van der Waals surface area contributed by atoms with Crippen LogP contribution in [0.5, 0.6) is 0 Å². The molecule has 0 atom stereocenters. The van der Waals surface area contributed by atoms with E-state index in [1.807, 2.05) is 0 Å². The highest BCUT2D eigenvalue weighted by Gasteiger charge is 2.39. The van der Waals surface area contributed by atoms with Gasteiger partial charge in [-0.05, 0) is 36.8 Å². The number of halogens is 4. The molecule has 0 aliphatic rings. The quantitative estimate of drug-likeness (QED) is 0.540. The first-order valence-corrected chi connectivity index (χ1v) is 11.2. The van der Waals surface area contributed by atoms with E-state index in [-0.39, 0.29) is 22.9 Å². The van der Waals surface area contributed by atoms with Crippen molar-refractivity contribution in [1.82, 2.24) is 14.8 Å². The van der Waals surface area contributed by atoms with Gasteiger partial charge < -0.3 is 9.72 Å². The minimum absolute atomic E-state index is 0.0542. The van der Waals surface area contributed by atoms with Gasteiger partial charge >= 0.3 is 12.1 Å². The largest absolute Gasteiger partial charge is 0.465 e. The van der Waals surface area contributed by atoms with Crippen LogP contribution in [0.4, 0.5) is 13.2 Å². The van der Waals surface area contributed by atoms with Crippen molar-refractivity contribution in [2.24, 2.45) is 0 Å². The van der Waals surface area contributed by atoms with E-state index in [2.05, 4.69) is 10.1 Å². The molecule has 2 aromatic heterocycles. The lowest BCUT2D eigenvalue weighted by atomic mass is 10.2. The van der Waals surface area contributed by atoms with Gasteiger partial charge in [0.1, 0.15) is 17.3 Å². The highest BCUT2D eigenvalue weighted by molar-refractivity contribution is 7.90. The summed E-state index contributed by atoms with van der Waals surface area (Å²) in [6.45, 7) is 1.05. The number of benzene rings is 1. The molecule has 1 aromatic carbocycles. The van der Waals surface area contributed by atoms with Gasteiger partial charge in [-0.25, -0.2) is 13.1 Å². The number of hydrogen-bond acceptors (Lipinski definition) is 5. The maximum absolute atomic E-state index is 13.3. The molecule has 0 spiro atoms. The Bertz CT molecular complexity index is 1230. The van der Waals surface area contributed by atoms with Crippen LogP contribution in [-0.4, -0.2) is 42.0 Å². The van der Waals surface area contributed by atoms with Gasteiger partial charge in [0.25, 0.3) is 0 Å². The third-order valence-corrected chi connectivity index (χ3v) is 5.73. The van der Waals surface area contributed by atoms with Crippen molar-refractivity contribution in [1.29, 1.82) is 0 Å². The smallest absolute Gasteiger partial charge is 0.436 e. The lowest BCUT2D eigenvalue weighted by molar-refractivity contribution is -0.145. The number of aromatic amines is 1. The number of carbonyl (C=O) groups excluding carboxylic acids is 1. The molecule has 12 heteroatoms. The maximum Gasteiger partial charge on any atom is 0.436 e. The number of sulfone groups is 1. The number of alkyl halides is 3. The van der Waals surface area contributed by atoms with Crippen molar-refractivity contribution >= 4 is 27.4 Å².